The molecule has 2 heterocycles. The third-order valence-corrected chi connectivity index (χ3v) is 3.94. The lowest BCUT2D eigenvalue weighted by atomic mass is 10.1. The van der Waals surface area contributed by atoms with Crippen LogP contribution in [0.3, 0.4) is 0 Å². The molecule has 1 aliphatic rings. The first-order valence-corrected chi connectivity index (χ1v) is 7.47. The number of carbonyl (C=O) groups is 1. The maximum Gasteiger partial charge on any atom is 0.253 e. The van der Waals surface area contributed by atoms with Crippen LogP contribution in [0.5, 0.6) is 0 Å². The molecular formula is C17H19N3O2. The zero-order chi connectivity index (χ0) is 15.4. The van der Waals surface area contributed by atoms with Crippen LogP contribution in [0.1, 0.15) is 15.9 Å². The number of piperazine rings is 1. The molecule has 5 nitrogen and oxygen atoms in total. The standard InChI is InChI=1S/C17H19N3O2/c21-16-7-6-14(12-18-16)13-19-8-10-20(11-9-19)17(22)15-4-2-1-3-5-15/h1-7,12H,8-11,13H2,(H,18,21). The van der Waals surface area contributed by atoms with Gasteiger partial charge in [-0.2, -0.15) is 0 Å². The molecule has 1 saturated heterocycles. The van der Waals surface area contributed by atoms with Crippen LogP contribution in [-0.2, 0) is 6.54 Å². The predicted octanol–water partition coefficient (Wildman–Crippen LogP) is 1.33. The van der Waals surface area contributed by atoms with Gasteiger partial charge in [0.25, 0.3) is 5.91 Å². The lowest BCUT2D eigenvalue weighted by molar-refractivity contribution is 0.0628. The molecule has 1 aliphatic heterocycles. The van der Waals surface area contributed by atoms with Crippen LogP contribution in [0.25, 0.3) is 0 Å². The molecule has 3 rings (SSSR count). The normalized spacial score (nSPS) is 15.7. The Morgan fingerprint density at radius 3 is 2.36 bits per heavy atom. The van der Waals surface area contributed by atoms with Gasteiger partial charge in [0.15, 0.2) is 0 Å². The minimum atomic E-state index is -0.0815. The Labute approximate surface area is 129 Å². The minimum absolute atomic E-state index is 0.0815. The predicted molar refractivity (Wildman–Crippen MR) is 84.7 cm³/mol. The molecular weight excluding hydrogens is 278 g/mol. The van der Waals surface area contributed by atoms with Gasteiger partial charge >= 0.3 is 0 Å². The van der Waals surface area contributed by atoms with E-state index in [9.17, 15) is 9.59 Å². The molecule has 5 heteroatoms. The Morgan fingerprint density at radius 2 is 1.73 bits per heavy atom. The van der Waals surface area contributed by atoms with Crippen molar-refractivity contribution in [3.05, 3.63) is 70.1 Å². The summed E-state index contributed by atoms with van der Waals surface area (Å²) in [5, 5.41) is 0. The van der Waals surface area contributed by atoms with E-state index in [0.717, 1.165) is 43.9 Å². The van der Waals surface area contributed by atoms with E-state index >= 15 is 0 Å². The molecule has 2 aromatic rings. The van der Waals surface area contributed by atoms with Crippen LogP contribution >= 0.6 is 0 Å². The number of carbonyl (C=O) groups excluding carboxylic acids is 1. The Kier molecular flexibility index (Phi) is 4.34. The van der Waals surface area contributed by atoms with Gasteiger partial charge in [-0.25, -0.2) is 0 Å². The number of pyridine rings is 1. The van der Waals surface area contributed by atoms with E-state index in [4.69, 9.17) is 0 Å². The van der Waals surface area contributed by atoms with Crippen molar-refractivity contribution in [2.45, 2.75) is 6.54 Å². The molecule has 0 bridgehead atoms. The average molecular weight is 297 g/mol. The van der Waals surface area contributed by atoms with Crippen molar-refractivity contribution in [3.63, 3.8) is 0 Å². The maximum absolute atomic E-state index is 12.4. The van der Waals surface area contributed by atoms with Crippen molar-refractivity contribution in [3.8, 4) is 0 Å². The van der Waals surface area contributed by atoms with Crippen LogP contribution in [0, 0.1) is 0 Å². The molecule has 114 valence electrons. The van der Waals surface area contributed by atoms with Gasteiger partial charge in [-0.05, 0) is 17.7 Å². The SMILES string of the molecule is O=C(c1ccccc1)N1CCN(Cc2ccc(=O)[nH]c2)CC1. The Bertz CT molecular complexity index is 668. The summed E-state index contributed by atoms with van der Waals surface area (Å²) < 4.78 is 0. The van der Waals surface area contributed by atoms with Gasteiger partial charge in [0.1, 0.15) is 0 Å². The van der Waals surface area contributed by atoms with Gasteiger partial charge in [0.2, 0.25) is 5.56 Å². The largest absolute Gasteiger partial charge is 0.336 e. The Hall–Kier alpha value is -2.40. The second kappa shape index (κ2) is 6.58. The number of aromatic nitrogens is 1. The summed E-state index contributed by atoms with van der Waals surface area (Å²) in [5.74, 6) is 0.101. The van der Waals surface area contributed by atoms with E-state index in [1.165, 1.54) is 0 Å². The molecule has 22 heavy (non-hydrogen) atoms. The lowest BCUT2D eigenvalue weighted by Crippen LogP contribution is -2.48. The van der Waals surface area contributed by atoms with Crippen LogP contribution < -0.4 is 5.56 Å². The molecule has 1 N–H and O–H groups in total. The number of hydrogen-bond donors (Lipinski definition) is 1. The molecule has 0 atom stereocenters. The summed E-state index contributed by atoms with van der Waals surface area (Å²) >= 11 is 0. The van der Waals surface area contributed by atoms with E-state index in [-0.39, 0.29) is 11.5 Å². The summed E-state index contributed by atoms with van der Waals surface area (Å²) in [5.41, 5.74) is 1.75. The highest BCUT2D eigenvalue weighted by atomic mass is 16.2. The fourth-order valence-corrected chi connectivity index (χ4v) is 2.67. The molecule has 1 aromatic carbocycles. The first-order valence-electron chi connectivity index (χ1n) is 7.47. The second-order valence-corrected chi connectivity index (χ2v) is 5.50. The molecule has 1 aromatic heterocycles. The monoisotopic (exact) mass is 297 g/mol. The van der Waals surface area contributed by atoms with Crippen LogP contribution in [0.4, 0.5) is 0 Å². The summed E-state index contributed by atoms with van der Waals surface area (Å²) in [6, 6.07) is 12.8. The smallest absolute Gasteiger partial charge is 0.253 e. The van der Waals surface area contributed by atoms with Gasteiger partial charge in [-0.1, -0.05) is 24.3 Å². The zero-order valence-corrected chi connectivity index (χ0v) is 12.4. The molecule has 0 saturated carbocycles. The quantitative estimate of drug-likeness (QED) is 0.930. The van der Waals surface area contributed by atoms with Crippen molar-refractivity contribution in [1.82, 2.24) is 14.8 Å². The summed E-state index contributed by atoms with van der Waals surface area (Å²) in [4.78, 5) is 30.3. The molecule has 0 spiro atoms. The molecule has 1 amide bonds. The van der Waals surface area contributed by atoms with Crippen molar-refractivity contribution < 1.29 is 4.79 Å². The Balaban J connectivity index is 1.55. The van der Waals surface area contributed by atoms with E-state index in [0.29, 0.717) is 0 Å². The maximum atomic E-state index is 12.4. The highest BCUT2D eigenvalue weighted by Gasteiger charge is 2.21. The van der Waals surface area contributed by atoms with Crippen LogP contribution in [0.2, 0.25) is 0 Å². The van der Waals surface area contributed by atoms with E-state index in [1.54, 1.807) is 12.3 Å². The van der Waals surface area contributed by atoms with E-state index in [1.807, 2.05) is 41.3 Å². The van der Waals surface area contributed by atoms with Crippen LogP contribution in [0.15, 0.2) is 53.5 Å². The van der Waals surface area contributed by atoms with Crippen molar-refractivity contribution in [2.24, 2.45) is 0 Å². The van der Waals surface area contributed by atoms with Gasteiger partial charge < -0.3 is 9.88 Å². The third-order valence-electron chi connectivity index (χ3n) is 3.94. The topological polar surface area (TPSA) is 56.4 Å². The summed E-state index contributed by atoms with van der Waals surface area (Å²) in [7, 11) is 0. The summed E-state index contributed by atoms with van der Waals surface area (Å²) in [6.07, 6.45) is 1.75. The number of nitrogens with zero attached hydrogens (tertiary/aromatic N) is 2. The van der Waals surface area contributed by atoms with Gasteiger partial charge in [-0.15, -0.1) is 0 Å². The first-order chi connectivity index (χ1) is 10.7. The lowest BCUT2D eigenvalue weighted by Gasteiger charge is -2.34. The number of amides is 1. The average Bonchev–Trinajstić information content (AvgIpc) is 2.58. The molecule has 0 aliphatic carbocycles. The van der Waals surface area contributed by atoms with Crippen molar-refractivity contribution in [2.75, 3.05) is 26.2 Å². The minimum Gasteiger partial charge on any atom is -0.336 e. The van der Waals surface area contributed by atoms with Crippen LogP contribution in [-0.4, -0.2) is 46.9 Å². The van der Waals surface area contributed by atoms with Gasteiger partial charge in [0, 0.05) is 50.6 Å². The molecule has 0 unspecified atom stereocenters. The first kappa shape index (κ1) is 14.5. The zero-order valence-electron chi connectivity index (χ0n) is 12.4. The second-order valence-electron chi connectivity index (χ2n) is 5.50. The number of aromatic amines is 1. The highest BCUT2D eigenvalue weighted by molar-refractivity contribution is 5.94. The molecule has 1 fully saturated rings. The third kappa shape index (κ3) is 3.43. The number of H-pyrrole nitrogens is 1. The number of hydrogen-bond acceptors (Lipinski definition) is 3. The number of nitrogens with one attached hydrogen (secondary N) is 1. The van der Waals surface area contributed by atoms with E-state index in [2.05, 4.69) is 9.88 Å². The van der Waals surface area contributed by atoms with Crippen molar-refractivity contribution >= 4 is 5.91 Å². The number of rotatable bonds is 3. The number of benzene rings is 1. The fraction of sp³-hybridized carbons (Fsp3) is 0.294. The Morgan fingerprint density at radius 1 is 1.00 bits per heavy atom. The van der Waals surface area contributed by atoms with E-state index < -0.39 is 0 Å². The summed E-state index contributed by atoms with van der Waals surface area (Å²) in [6.45, 7) is 3.95. The molecule has 0 radical (unpaired) electrons. The van der Waals surface area contributed by atoms with Crippen molar-refractivity contribution in [1.29, 1.82) is 0 Å². The highest BCUT2D eigenvalue weighted by Crippen LogP contribution is 2.10. The van der Waals surface area contributed by atoms with Gasteiger partial charge in [0.05, 0.1) is 0 Å². The van der Waals surface area contributed by atoms with Gasteiger partial charge in [-0.3, -0.25) is 14.5 Å². The fourth-order valence-electron chi connectivity index (χ4n) is 2.67.